The second-order valence-electron chi connectivity index (χ2n) is 5.22. The van der Waals surface area contributed by atoms with E-state index >= 15 is 0 Å². The van der Waals surface area contributed by atoms with Crippen LogP contribution in [0.15, 0.2) is 24.3 Å². The first-order chi connectivity index (χ1) is 9.97. The van der Waals surface area contributed by atoms with E-state index in [-0.39, 0.29) is 23.3 Å². The van der Waals surface area contributed by atoms with Crippen molar-refractivity contribution in [2.45, 2.75) is 46.1 Å². The van der Waals surface area contributed by atoms with E-state index in [2.05, 4.69) is 5.32 Å². The van der Waals surface area contributed by atoms with Gasteiger partial charge in [0.25, 0.3) is 0 Å². The first-order valence-corrected chi connectivity index (χ1v) is 7.70. The fraction of sp³-hybridized carbons (Fsp3) is 0.500. The lowest BCUT2D eigenvalue weighted by molar-refractivity contribution is -0.128. The predicted molar refractivity (Wildman–Crippen MR) is 87.3 cm³/mol. The molecule has 0 fully saturated rings. The van der Waals surface area contributed by atoms with E-state index in [9.17, 15) is 9.18 Å². The van der Waals surface area contributed by atoms with Crippen molar-refractivity contribution in [1.29, 1.82) is 0 Å². The molecular weight excluding hydrogens is 287 g/mol. The van der Waals surface area contributed by atoms with E-state index < -0.39 is 5.41 Å². The lowest BCUT2D eigenvalue weighted by Crippen LogP contribution is -2.48. The summed E-state index contributed by atoms with van der Waals surface area (Å²) in [6, 6.07) is 6.38. The number of halogens is 1. The highest BCUT2D eigenvalue weighted by Crippen LogP contribution is 2.31. The van der Waals surface area contributed by atoms with E-state index in [1.807, 2.05) is 13.8 Å². The molecule has 0 atom stereocenters. The lowest BCUT2D eigenvalue weighted by Gasteiger charge is -2.31. The number of nitrogens with one attached hydrogen (secondary N) is 1. The smallest absolute Gasteiger partial charge is 0.233 e. The monoisotopic (exact) mass is 310 g/mol. The summed E-state index contributed by atoms with van der Waals surface area (Å²) in [6.45, 7) is 4.13. The van der Waals surface area contributed by atoms with Crippen molar-refractivity contribution in [1.82, 2.24) is 5.32 Å². The van der Waals surface area contributed by atoms with Gasteiger partial charge < -0.3 is 11.1 Å². The number of carbonyl (C=O) groups excluding carboxylic acids is 1. The summed E-state index contributed by atoms with van der Waals surface area (Å²) in [5, 5.41) is 2.79. The maximum absolute atomic E-state index is 13.6. The zero-order valence-corrected chi connectivity index (χ0v) is 13.4. The van der Waals surface area contributed by atoms with Gasteiger partial charge in [-0.05, 0) is 18.9 Å². The van der Waals surface area contributed by atoms with E-state index in [0.29, 0.717) is 18.4 Å². The van der Waals surface area contributed by atoms with Crippen LogP contribution in [-0.4, -0.2) is 10.9 Å². The first-order valence-electron chi connectivity index (χ1n) is 7.29. The van der Waals surface area contributed by atoms with Gasteiger partial charge in [-0.3, -0.25) is 4.79 Å². The second-order valence-corrected chi connectivity index (χ2v) is 5.66. The minimum atomic E-state index is -0.829. The molecule has 0 aliphatic heterocycles. The molecule has 0 saturated carbocycles. The molecule has 0 aromatic heterocycles. The molecular formula is C16H23FN2OS. The zero-order chi connectivity index (χ0) is 15.9. The average molecular weight is 310 g/mol. The number of amides is 1. The standard InChI is InChI=1S/C16H23FN2OS/c1-3-9-16(10-4-2,14(18)21)15(20)19-11-12-7-5-6-8-13(12)17/h5-8H,3-4,9-11H2,1-2H3,(H2,18,21)(H,19,20). The van der Waals surface area contributed by atoms with Crippen LogP contribution >= 0.6 is 12.2 Å². The number of hydrogen-bond donors (Lipinski definition) is 2. The molecule has 0 aliphatic carbocycles. The van der Waals surface area contributed by atoms with Gasteiger partial charge in [0.2, 0.25) is 5.91 Å². The summed E-state index contributed by atoms with van der Waals surface area (Å²) in [7, 11) is 0. The molecule has 0 saturated heterocycles. The van der Waals surface area contributed by atoms with Gasteiger partial charge in [0.1, 0.15) is 5.82 Å². The Morgan fingerprint density at radius 2 is 1.86 bits per heavy atom. The summed E-state index contributed by atoms with van der Waals surface area (Å²) in [5.74, 6) is -0.535. The third kappa shape index (κ3) is 4.24. The molecule has 0 radical (unpaired) electrons. The maximum Gasteiger partial charge on any atom is 0.233 e. The predicted octanol–water partition coefficient (Wildman–Crippen LogP) is 3.31. The molecule has 1 rings (SSSR count). The Morgan fingerprint density at radius 1 is 1.29 bits per heavy atom. The Bertz CT molecular complexity index is 499. The molecule has 116 valence electrons. The molecule has 0 heterocycles. The topological polar surface area (TPSA) is 55.1 Å². The van der Waals surface area contributed by atoms with Crippen LogP contribution in [0, 0.1) is 11.2 Å². The van der Waals surface area contributed by atoms with Gasteiger partial charge in [0.15, 0.2) is 0 Å². The van der Waals surface area contributed by atoms with Gasteiger partial charge >= 0.3 is 0 Å². The third-order valence-corrected chi connectivity index (χ3v) is 4.05. The van der Waals surface area contributed by atoms with Crippen LogP contribution in [0.1, 0.15) is 45.1 Å². The van der Waals surface area contributed by atoms with Crippen molar-refractivity contribution in [3.05, 3.63) is 35.6 Å². The van der Waals surface area contributed by atoms with Crippen LogP contribution in [0.5, 0.6) is 0 Å². The lowest BCUT2D eigenvalue weighted by atomic mass is 9.78. The Morgan fingerprint density at radius 3 is 2.33 bits per heavy atom. The number of nitrogens with two attached hydrogens (primary N) is 1. The molecule has 1 aromatic carbocycles. The van der Waals surface area contributed by atoms with Crippen LogP contribution < -0.4 is 11.1 Å². The summed E-state index contributed by atoms with van der Waals surface area (Å²) in [6.07, 6.45) is 2.84. The zero-order valence-electron chi connectivity index (χ0n) is 12.6. The van der Waals surface area contributed by atoms with E-state index in [1.165, 1.54) is 6.07 Å². The van der Waals surface area contributed by atoms with Gasteiger partial charge in [-0.25, -0.2) is 4.39 Å². The average Bonchev–Trinajstić information content (AvgIpc) is 2.45. The SMILES string of the molecule is CCCC(CCC)(C(=O)NCc1ccccc1F)C(N)=S. The quantitative estimate of drug-likeness (QED) is 0.724. The summed E-state index contributed by atoms with van der Waals surface area (Å²) in [5.41, 5.74) is 5.47. The van der Waals surface area contributed by atoms with Crippen LogP contribution in [-0.2, 0) is 11.3 Å². The van der Waals surface area contributed by atoms with E-state index in [1.54, 1.807) is 18.2 Å². The number of hydrogen-bond acceptors (Lipinski definition) is 2. The molecule has 1 aromatic rings. The summed E-state index contributed by atoms with van der Waals surface area (Å²) in [4.78, 5) is 12.8. The van der Waals surface area contributed by atoms with Gasteiger partial charge in [0.05, 0.1) is 10.4 Å². The minimum absolute atomic E-state index is 0.142. The van der Waals surface area contributed by atoms with Gasteiger partial charge in [-0.15, -0.1) is 0 Å². The number of benzene rings is 1. The van der Waals surface area contributed by atoms with Gasteiger partial charge in [0, 0.05) is 12.1 Å². The van der Waals surface area contributed by atoms with Crippen LogP contribution in [0.4, 0.5) is 4.39 Å². The highest BCUT2D eigenvalue weighted by molar-refractivity contribution is 7.80. The van der Waals surface area contributed by atoms with Crippen molar-refractivity contribution in [3.8, 4) is 0 Å². The number of rotatable bonds is 8. The van der Waals surface area contributed by atoms with E-state index in [4.69, 9.17) is 18.0 Å². The van der Waals surface area contributed by atoms with Gasteiger partial charge in [-0.1, -0.05) is 57.1 Å². The van der Waals surface area contributed by atoms with Crippen molar-refractivity contribution in [2.24, 2.45) is 11.1 Å². The highest BCUT2D eigenvalue weighted by atomic mass is 32.1. The molecule has 3 nitrogen and oxygen atoms in total. The largest absolute Gasteiger partial charge is 0.392 e. The summed E-state index contributed by atoms with van der Waals surface area (Å²) >= 11 is 5.14. The molecule has 0 aliphatic rings. The van der Waals surface area contributed by atoms with E-state index in [0.717, 1.165) is 12.8 Å². The fourth-order valence-electron chi connectivity index (χ4n) is 2.55. The molecule has 0 spiro atoms. The van der Waals surface area contributed by atoms with Crippen LogP contribution in [0.3, 0.4) is 0 Å². The molecule has 21 heavy (non-hydrogen) atoms. The second kappa shape index (κ2) is 8.08. The van der Waals surface area contributed by atoms with Crippen LogP contribution in [0.25, 0.3) is 0 Å². The Kier molecular flexibility index (Phi) is 6.75. The van der Waals surface area contributed by atoms with Gasteiger partial charge in [-0.2, -0.15) is 0 Å². The third-order valence-electron chi connectivity index (χ3n) is 3.66. The first kappa shape index (κ1) is 17.6. The Balaban J connectivity index is 2.86. The molecule has 1 amide bonds. The fourth-order valence-corrected chi connectivity index (χ4v) is 2.85. The molecule has 5 heteroatoms. The highest BCUT2D eigenvalue weighted by Gasteiger charge is 2.39. The normalized spacial score (nSPS) is 11.2. The Labute approximate surface area is 131 Å². The Hall–Kier alpha value is -1.49. The number of thiocarbonyl (C=S) groups is 1. The minimum Gasteiger partial charge on any atom is -0.392 e. The van der Waals surface area contributed by atoms with Crippen LogP contribution in [0.2, 0.25) is 0 Å². The molecule has 0 unspecified atom stereocenters. The number of carbonyl (C=O) groups is 1. The molecule has 0 bridgehead atoms. The maximum atomic E-state index is 13.6. The van der Waals surface area contributed by atoms with Crippen molar-refractivity contribution in [3.63, 3.8) is 0 Å². The molecule has 3 N–H and O–H groups in total. The van der Waals surface area contributed by atoms with Crippen molar-refractivity contribution < 1.29 is 9.18 Å². The van der Waals surface area contributed by atoms with Crippen molar-refractivity contribution >= 4 is 23.1 Å². The summed E-state index contributed by atoms with van der Waals surface area (Å²) < 4.78 is 13.6. The van der Waals surface area contributed by atoms with Crippen molar-refractivity contribution in [2.75, 3.05) is 0 Å².